The molecule has 230 valence electrons. The fourth-order valence-electron chi connectivity index (χ4n) is 6.13. The summed E-state index contributed by atoms with van der Waals surface area (Å²) in [6.45, 7) is 6.54. The molecule has 1 aromatic rings. The van der Waals surface area contributed by atoms with Crippen molar-refractivity contribution in [1.29, 1.82) is 0 Å². The second kappa shape index (κ2) is 11.2. The highest BCUT2D eigenvalue weighted by Gasteiger charge is 2.69. The molecule has 1 aliphatic carbocycles. The summed E-state index contributed by atoms with van der Waals surface area (Å²) in [4.78, 5) is 50.3. The number of fused-ring (bicyclic) bond motifs is 1. The number of aromatic hydroxyl groups is 1. The fraction of sp³-hybridized carbons (Fsp3) is 0.571. The molecule has 1 aromatic carbocycles. The van der Waals surface area contributed by atoms with Crippen molar-refractivity contribution in [3.05, 3.63) is 35.1 Å². The van der Waals surface area contributed by atoms with E-state index < -0.39 is 65.3 Å². The number of phenolic OH excluding ortho intramolecular Hbond substituents is 1. The Labute approximate surface area is 241 Å². The zero-order valence-electron chi connectivity index (χ0n) is 23.9. The molecule has 42 heavy (non-hydrogen) atoms. The Morgan fingerprint density at radius 1 is 1.14 bits per heavy atom. The Morgan fingerprint density at radius 2 is 1.79 bits per heavy atom. The van der Waals surface area contributed by atoms with Gasteiger partial charge in [-0.1, -0.05) is 6.07 Å². The highest BCUT2D eigenvalue weighted by atomic mass is 16.6. The minimum absolute atomic E-state index is 0.0254. The number of benzene rings is 1. The molecule has 2 heterocycles. The maximum Gasteiger partial charge on any atom is 0.343 e. The number of hydrogen-bond acceptors (Lipinski definition) is 12. The first-order chi connectivity index (χ1) is 19.6. The minimum Gasteiger partial charge on any atom is -0.504 e. The van der Waals surface area contributed by atoms with Crippen molar-refractivity contribution in [3.8, 4) is 11.5 Å². The van der Waals surface area contributed by atoms with Crippen LogP contribution in [-0.4, -0.2) is 110 Å². The van der Waals surface area contributed by atoms with Crippen molar-refractivity contribution in [2.75, 3.05) is 13.6 Å². The standard InChI is InChI=1S/C28H36N2O12/c1-12-6-7-16(31)21-18(12)27-10-11-30(5)15(4)28(27,39)9-8-17(22(27)42-21)41-26(38)20(33)19(32)25(37)40-14(3)23(34)29-13(2)24(35)36/h6-8,13-15,19-20,22,31-33,39H,9-11H2,1-5H3,(H,29,34)(H,35,36)/t13-,14-,15+,19+,20+,22-,27-,28+/m0/s1. The van der Waals surface area contributed by atoms with Gasteiger partial charge in [-0.15, -0.1) is 0 Å². The lowest BCUT2D eigenvalue weighted by molar-refractivity contribution is -0.179. The van der Waals surface area contributed by atoms with E-state index in [9.17, 15) is 39.6 Å². The number of ether oxygens (including phenoxy) is 3. The van der Waals surface area contributed by atoms with Crippen molar-refractivity contribution in [2.24, 2.45) is 0 Å². The van der Waals surface area contributed by atoms with E-state index in [1.165, 1.54) is 19.1 Å². The number of rotatable bonds is 8. The maximum absolute atomic E-state index is 12.9. The van der Waals surface area contributed by atoms with Gasteiger partial charge in [-0.05, 0) is 65.4 Å². The van der Waals surface area contributed by atoms with Crippen LogP contribution in [0.3, 0.4) is 0 Å². The highest BCUT2D eigenvalue weighted by molar-refractivity contribution is 5.90. The van der Waals surface area contributed by atoms with Gasteiger partial charge < -0.3 is 50.0 Å². The molecule has 1 amide bonds. The molecule has 8 atom stereocenters. The Kier molecular flexibility index (Phi) is 8.30. The molecular weight excluding hydrogens is 556 g/mol. The molecule has 14 heteroatoms. The first kappa shape index (κ1) is 31.2. The average Bonchev–Trinajstić information content (AvgIpc) is 3.31. The van der Waals surface area contributed by atoms with Crippen LogP contribution in [0.4, 0.5) is 0 Å². The van der Waals surface area contributed by atoms with Crippen LogP contribution in [0.5, 0.6) is 11.5 Å². The zero-order chi connectivity index (χ0) is 31.3. The van der Waals surface area contributed by atoms with Gasteiger partial charge >= 0.3 is 17.9 Å². The van der Waals surface area contributed by atoms with E-state index in [-0.39, 0.29) is 29.7 Å². The minimum atomic E-state index is -2.45. The van der Waals surface area contributed by atoms with Crippen molar-refractivity contribution < 1.29 is 58.9 Å². The first-order valence-corrected chi connectivity index (χ1v) is 13.5. The Morgan fingerprint density at radius 3 is 2.43 bits per heavy atom. The predicted molar refractivity (Wildman–Crippen MR) is 142 cm³/mol. The van der Waals surface area contributed by atoms with Crippen LogP contribution in [0.2, 0.25) is 0 Å². The van der Waals surface area contributed by atoms with Crippen LogP contribution in [0.15, 0.2) is 24.0 Å². The third-order valence-electron chi connectivity index (χ3n) is 8.72. The monoisotopic (exact) mass is 592 g/mol. The normalized spacial score (nSPS) is 29.3. The number of aliphatic carboxylic acids is 1. The number of likely N-dealkylation sites (tertiary alicyclic amines) is 1. The molecule has 0 unspecified atom stereocenters. The lowest BCUT2D eigenvalue weighted by atomic mass is 9.54. The summed E-state index contributed by atoms with van der Waals surface area (Å²) in [5, 5.41) is 54.6. The van der Waals surface area contributed by atoms with E-state index in [4.69, 9.17) is 19.3 Å². The molecule has 0 saturated carbocycles. The number of esters is 2. The smallest absolute Gasteiger partial charge is 0.343 e. The fourth-order valence-corrected chi connectivity index (χ4v) is 6.13. The van der Waals surface area contributed by atoms with E-state index in [0.29, 0.717) is 18.5 Å². The SMILES string of the molecule is Cc1ccc(O)c2c1[C@]13CCN(C)[C@H](C)[C@]1(O)CC=C(OC(=O)[C@H](O)[C@@H](O)C(=O)O[C@@H](C)C(=O)N[C@@H](C)C(=O)O)[C@@H]3O2. The summed E-state index contributed by atoms with van der Waals surface area (Å²) in [6, 6.07) is 1.52. The van der Waals surface area contributed by atoms with Gasteiger partial charge in [0.1, 0.15) is 11.8 Å². The van der Waals surface area contributed by atoms with E-state index in [1.807, 2.05) is 25.8 Å². The van der Waals surface area contributed by atoms with Crippen molar-refractivity contribution in [2.45, 2.75) is 88.1 Å². The number of aryl methyl sites for hydroxylation is 1. The van der Waals surface area contributed by atoms with Gasteiger partial charge in [-0.3, -0.25) is 9.59 Å². The average molecular weight is 593 g/mol. The van der Waals surface area contributed by atoms with Gasteiger partial charge in [0.25, 0.3) is 5.91 Å². The Bertz CT molecular complexity index is 1330. The number of aliphatic hydroxyl groups excluding tert-OH is 2. The third-order valence-corrected chi connectivity index (χ3v) is 8.72. The summed E-state index contributed by atoms with van der Waals surface area (Å²) >= 11 is 0. The summed E-state index contributed by atoms with van der Waals surface area (Å²) in [5.74, 6) is -5.34. The molecule has 6 N–H and O–H groups in total. The van der Waals surface area contributed by atoms with E-state index in [1.54, 1.807) is 6.07 Å². The number of amides is 1. The summed E-state index contributed by atoms with van der Waals surface area (Å²) in [5.41, 5.74) is -1.20. The number of nitrogens with one attached hydrogen (secondary N) is 1. The number of hydrogen-bond donors (Lipinski definition) is 6. The van der Waals surface area contributed by atoms with Crippen LogP contribution in [0, 0.1) is 6.92 Å². The number of carbonyl (C=O) groups is 4. The van der Waals surface area contributed by atoms with E-state index >= 15 is 0 Å². The number of nitrogens with zero attached hydrogens (tertiary/aromatic N) is 1. The van der Waals surface area contributed by atoms with Crippen molar-refractivity contribution >= 4 is 23.8 Å². The molecule has 1 spiro atoms. The lowest BCUT2D eigenvalue weighted by Crippen LogP contribution is -2.71. The lowest BCUT2D eigenvalue weighted by Gasteiger charge is -2.58. The molecule has 2 aliphatic heterocycles. The molecule has 3 aliphatic rings. The third kappa shape index (κ3) is 4.87. The van der Waals surface area contributed by atoms with Crippen molar-refractivity contribution in [3.63, 3.8) is 0 Å². The molecule has 1 saturated heterocycles. The number of phenols is 1. The maximum atomic E-state index is 12.9. The van der Waals surface area contributed by atoms with Crippen LogP contribution in [0.1, 0.15) is 44.7 Å². The number of carboxylic acids is 1. The molecule has 0 bridgehead atoms. The number of carbonyl (C=O) groups excluding carboxylic acids is 3. The van der Waals surface area contributed by atoms with Crippen LogP contribution in [0.25, 0.3) is 0 Å². The second-order valence-electron chi connectivity index (χ2n) is 11.2. The Hall–Kier alpha value is -3.72. The largest absolute Gasteiger partial charge is 0.504 e. The molecule has 1 fully saturated rings. The molecular formula is C28H36N2O12. The quantitative estimate of drug-likeness (QED) is 0.205. The summed E-state index contributed by atoms with van der Waals surface area (Å²) < 4.78 is 16.4. The number of aliphatic hydroxyl groups is 3. The zero-order valence-corrected chi connectivity index (χ0v) is 23.9. The highest BCUT2D eigenvalue weighted by Crippen LogP contribution is 2.62. The van der Waals surface area contributed by atoms with Crippen LogP contribution < -0.4 is 10.1 Å². The predicted octanol–water partition coefficient (Wildman–Crippen LogP) is -0.772. The van der Waals surface area contributed by atoms with Crippen LogP contribution in [-0.2, 0) is 34.1 Å². The van der Waals surface area contributed by atoms with Crippen molar-refractivity contribution in [1.82, 2.24) is 10.2 Å². The summed E-state index contributed by atoms with van der Waals surface area (Å²) in [7, 11) is 1.88. The van der Waals surface area contributed by atoms with Crippen LogP contribution >= 0.6 is 0 Å². The first-order valence-electron chi connectivity index (χ1n) is 13.5. The molecule has 14 nitrogen and oxygen atoms in total. The topological polar surface area (TPSA) is 212 Å². The molecule has 0 aromatic heterocycles. The molecule has 4 rings (SSSR count). The van der Waals surface area contributed by atoms with Gasteiger partial charge in [0.15, 0.2) is 35.9 Å². The van der Waals surface area contributed by atoms with E-state index in [0.717, 1.165) is 12.5 Å². The van der Waals surface area contributed by atoms with Gasteiger partial charge in [-0.2, -0.15) is 0 Å². The van der Waals surface area contributed by atoms with Gasteiger partial charge in [-0.25, -0.2) is 9.59 Å². The van der Waals surface area contributed by atoms with E-state index in [2.05, 4.69) is 5.32 Å². The summed E-state index contributed by atoms with van der Waals surface area (Å²) in [6.07, 6.45) is -5.67. The number of carboxylic acid groups (broad SMARTS) is 1. The Balaban J connectivity index is 1.54. The number of piperidine rings is 1. The molecule has 0 radical (unpaired) electrons. The van der Waals surface area contributed by atoms with Gasteiger partial charge in [0.2, 0.25) is 0 Å². The second-order valence-corrected chi connectivity index (χ2v) is 11.2. The van der Waals surface area contributed by atoms with Gasteiger partial charge in [0, 0.05) is 18.0 Å². The number of likely N-dealkylation sites (N-methyl/N-ethyl adjacent to an activating group) is 1. The van der Waals surface area contributed by atoms with Gasteiger partial charge in [0.05, 0.1) is 11.0 Å².